The van der Waals surface area contributed by atoms with Crippen molar-refractivity contribution in [2.45, 2.75) is 39.0 Å². The number of urea groups is 1. The van der Waals surface area contributed by atoms with Gasteiger partial charge in [-0.05, 0) is 37.5 Å². The van der Waals surface area contributed by atoms with E-state index < -0.39 is 11.4 Å². The molecule has 2 aliphatic rings. The summed E-state index contributed by atoms with van der Waals surface area (Å²) in [6, 6.07) is -0.241. The quantitative estimate of drug-likeness (QED) is 0.673. The van der Waals surface area contributed by atoms with Gasteiger partial charge >= 0.3 is 12.0 Å². The molecular weight excluding hydrogens is 232 g/mol. The SMILES string of the molecule is CC(CNC(=O)NCC1(C(=O)O)CCC1)C1CC1. The fraction of sp³-hybridized carbons (Fsp3) is 0.846. The Hall–Kier alpha value is -1.26. The Morgan fingerprint density at radius 2 is 2.00 bits per heavy atom. The van der Waals surface area contributed by atoms with E-state index in [2.05, 4.69) is 17.6 Å². The van der Waals surface area contributed by atoms with Gasteiger partial charge in [0, 0.05) is 13.1 Å². The zero-order valence-electron chi connectivity index (χ0n) is 10.9. The maximum atomic E-state index is 11.6. The van der Waals surface area contributed by atoms with Crippen molar-refractivity contribution in [1.82, 2.24) is 10.6 Å². The lowest BCUT2D eigenvalue weighted by molar-refractivity contribution is -0.153. The molecule has 0 aromatic heterocycles. The van der Waals surface area contributed by atoms with E-state index in [-0.39, 0.29) is 12.6 Å². The van der Waals surface area contributed by atoms with Crippen molar-refractivity contribution in [2.24, 2.45) is 17.3 Å². The monoisotopic (exact) mass is 254 g/mol. The zero-order valence-corrected chi connectivity index (χ0v) is 10.9. The summed E-state index contributed by atoms with van der Waals surface area (Å²) < 4.78 is 0. The average molecular weight is 254 g/mol. The van der Waals surface area contributed by atoms with Gasteiger partial charge < -0.3 is 15.7 Å². The van der Waals surface area contributed by atoms with E-state index in [4.69, 9.17) is 5.11 Å². The normalized spacial score (nSPS) is 22.7. The van der Waals surface area contributed by atoms with Gasteiger partial charge in [0.2, 0.25) is 0 Å². The van der Waals surface area contributed by atoms with Gasteiger partial charge in [-0.25, -0.2) is 4.79 Å². The number of hydrogen-bond donors (Lipinski definition) is 3. The lowest BCUT2D eigenvalue weighted by Crippen LogP contribution is -2.50. The summed E-state index contributed by atoms with van der Waals surface area (Å²) in [6.45, 7) is 3.06. The number of carboxylic acids is 1. The number of carbonyl (C=O) groups is 2. The summed E-state index contributed by atoms with van der Waals surface area (Å²) in [5, 5.41) is 14.6. The van der Waals surface area contributed by atoms with Crippen molar-refractivity contribution in [2.75, 3.05) is 13.1 Å². The molecule has 0 bridgehead atoms. The van der Waals surface area contributed by atoms with Crippen LogP contribution >= 0.6 is 0 Å². The van der Waals surface area contributed by atoms with Gasteiger partial charge in [-0.15, -0.1) is 0 Å². The lowest BCUT2D eigenvalue weighted by atomic mass is 9.69. The van der Waals surface area contributed by atoms with Crippen molar-refractivity contribution in [3.05, 3.63) is 0 Å². The molecule has 0 aliphatic heterocycles. The highest BCUT2D eigenvalue weighted by molar-refractivity contribution is 5.78. The molecule has 18 heavy (non-hydrogen) atoms. The number of amides is 2. The molecular formula is C13H22N2O3. The maximum absolute atomic E-state index is 11.6. The van der Waals surface area contributed by atoms with Crippen molar-refractivity contribution < 1.29 is 14.7 Å². The molecule has 3 N–H and O–H groups in total. The molecule has 0 aromatic carbocycles. The van der Waals surface area contributed by atoms with Crippen LogP contribution in [-0.4, -0.2) is 30.2 Å². The summed E-state index contributed by atoms with van der Waals surface area (Å²) in [5.74, 6) is 0.496. The Morgan fingerprint density at radius 3 is 2.44 bits per heavy atom. The molecule has 0 saturated heterocycles. The molecule has 2 aliphatic carbocycles. The van der Waals surface area contributed by atoms with E-state index >= 15 is 0 Å². The van der Waals surface area contributed by atoms with Crippen LogP contribution in [0.15, 0.2) is 0 Å². The minimum absolute atomic E-state index is 0.241. The minimum atomic E-state index is -0.791. The second kappa shape index (κ2) is 5.16. The third kappa shape index (κ3) is 2.94. The third-order valence-corrected chi connectivity index (χ3v) is 4.36. The van der Waals surface area contributed by atoms with Crippen molar-refractivity contribution in [1.29, 1.82) is 0 Å². The van der Waals surface area contributed by atoms with Gasteiger partial charge in [0.25, 0.3) is 0 Å². The first-order valence-electron chi connectivity index (χ1n) is 6.79. The molecule has 0 spiro atoms. The first-order valence-corrected chi connectivity index (χ1v) is 6.79. The van der Waals surface area contributed by atoms with E-state index in [1.807, 2.05) is 0 Å². The number of carboxylic acid groups (broad SMARTS) is 1. The average Bonchev–Trinajstić information content (AvgIpc) is 3.07. The van der Waals surface area contributed by atoms with Crippen LogP contribution < -0.4 is 10.6 Å². The van der Waals surface area contributed by atoms with E-state index in [0.29, 0.717) is 25.3 Å². The molecule has 102 valence electrons. The molecule has 2 amide bonds. The van der Waals surface area contributed by atoms with Crippen LogP contribution in [0.4, 0.5) is 4.79 Å². The summed E-state index contributed by atoms with van der Waals surface area (Å²) in [4.78, 5) is 22.7. The van der Waals surface area contributed by atoms with Crippen LogP contribution in [0, 0.1) is 17.3 Å². The van der Waals surface area contributed by atoms with Crippen LogP contribution in [-0.2, 0) is 4.79 Å². The number of nitrogens with one attached hydrogen (secondary N) is 2. The van der Waals surface area contributed by atoms with Crippen LogP contribution in [0.3, 0.4) is 0 Å². The number of hydrogen-bond acceptors (Lipinski definition) is 2. The zero-order chi connectivity index (χ0) is 13.2. The molecule has 2 rings (SSSR count). The summed E-state index contributed by atoms with van der Waals surface area (Å²) in [5.41, 5.74) is -0.709. The lowest BCUT2D eigenvalue weighted by Gasteiger charge is -2.37. The first kappa shape index (κ1) is 13.2. The van der Waals surface area contributed by atoms with Crippen LogP contribution in [0.2, 0.25) is 0 Å². The van der Waals surface area contributed by atoms with E-state index in [1.54, 1.807) is 0 Å². The summed E-state index contributed by atoms with van der Waals surface area (Å²) in [6.07, 6.45) is 4.82. The Morgan fingerprint density at radius 1 is 1.33 bits per heavy atom. The van der Waals surface area contributed by atoms with E-state index in [9.17, 15) is 9.59 Å². The van der Waals surface area contributed by atoms with Crippen molar-refractivity contribution >= 4 is 12.0 Å². The molecule has 1 unspecified atom stereocenters. The minimum Gasteiger partial charge on any atom is -0.481 e. The smallest absolute Gasteiger partial charge is 0.314 e. The highest BCUT2D eigenvalue weighted by atomic mass is 16.4. The second-order valence-corrected chi connectivity index (χ2v) is 5.82. The number of rotatable bonds is 6. The van der Waals surface area contributed by atoms with Crippen molar-refractivity contribution in [3.8, 4) is 0 Å². The van der Waals surface area contributed by atoms with Crippen LogP contribution in [0.25, 0.3) is 0 Å². The predicted molar refractivity (Wildman–Crippen MR) is 67.2 cm³/mol. The molecule has 2 fully saturated rings. The Balaban J connectivity index is 1.66. The van der Waals surface area contributed by atoms with Crippen LogP contribution in [0.1, 0.15) is 39.0 Å². The van der Waals surface area contributed by atoms with E-state index in [0.717, 1.165) is 12.3 Å². The molecule has 0 radical (unpaired) electrons. The highest BCUT2D eigenvalue weighted by Crippen LogP contribution is 2.40. The van der Waals surface area contributed by atoms with Gasteiger partial charge in [-0.1, -0.05) is 13.3 Å². The Kier molecular flexibility index (Phi) is 3.78. The summed E-state index contributed by atoms with van der Waals surface area (Å²) in [7, 11) is 0. The van der Waals surface area contributed by atoms with Gasteiger partial charge in [0.15, 0.2) is 0 Å². The predicted octanol–water partition coefficient (Wildman–Crippen LogP) is 1.59. The second-order valence-electron chi connectivity index (χ2n) is 5.82. The fourth-order valence-corrected chi connectivity index (χ4v) is 2.47. The molecule has 5 nitrogen and oxygen atoms in total. The topological polar surface area (TPSA) is 78.4 Å². The highest BCUT2D eigenvalue weighted by Gasteiger charge is 2.44. The van der Waals surface area contributed by atoms with Gasteiger partial charge in [0.05, 0.1) is 5.41 Å². The third-order valence-electron chi connectivity index (χ3n) is 4.36. The first-order chi connectivity index (χ1) is 8.53. The van der Waals surface area contributed by atoms with Crippen LogP contribution in [0.5, 0.6) is 0 Å². The van der Waals surface area contributed by atoms with Gasteiger partial charge in [0.1, 0.15) is 0 Å². The molecule has 0 heterocycles. The number of aliphatic carboxylic acids is 1. The largest absolute Gasteiger partial charge is 0.481 e. The Labute approximate surface area is 107 Å². The number of carbonyl (C=O) groups excluding carboxylic acids is 1. The molecule has 1 atom stereocenters. The Bertz CT molecular complexity index is 335. The molecule has 0 aromatic rings. The van der Waals surface area contributed by atoms with Gasteiger partial charge in [-0.2, -0.15) is 0 Å². The molecule has 5 heteroatoms. The maximum Gasteiger partial charge on any atom is 0.314 e. The molecule has 2 saturated carbocycles. The van der Waals surface area contributed by atoms with E-state index in [1.165, 1.54) is 12.8 Å². The van der Waals surface area contributed by atoms with Crippen molar-refractivity contribution in [3.63, 3.8) is 0 Å². The summed E-state index contributed by atoms with van der Waals surface area (Å²) >= 11 is 0. The van der Waals surface area contributed by atoms with Gasteiger partial charge in [-0.3, -0.25) is 4.79 Å². The standard InChI is InChI=1S/C13H22N2O3/c1-9(10-3-4-10)7-14-12(18)15-8-13(11(16)17)5-2-6-13/h9-10H,2-8H2,1H3,(H,16,17)(H2,14,15,18). The fourth-order valence-electron chi connectivity index (χ4n) is 2.47.